The third kappa shape index (κ3) is 7.13. The van der Waals surface area contributed by atoms with Gasteiger partial charge in [0, 0.05) is 13.1 Å². The van der Waals surface area contributed by atoms with E-state index >= 15 is 0 Å². The van der Waals surface area contributed by atoms with Gasteiger partial charge in [0.25, 0.3) is 0 Å². The van der Waals surface area contributed by atoms with E-state index in [1.807, 2.05) is 32.0 Å². The molecule has 2 N–H and O–H groups in total. The maximum atomic E-state index is 12.6. The van der Waals surface area contributed by atoms with Gasteiger partial charge in [0.2, 0.25) is 11.8 Å². The topological polar surface area (TPSA) is 87.7 Å². The summed E-state index contributed by atoms with van der Waals surface area (Å²) in [4.78, 5) is 38.1. The van der Waals surface area contributed by atoms with E-state index in [1.54, 1.807) is 32.9 Å². The van der Waals surface area contributed by atoms with Crippen LogP contribution in [-0.2, 0) is 14.3 Å². The van der Waals surface area contributed by atoms with Crippen molar-refractivity contribution in [3.63, 3.8) is 0 Å². The van der Waals surface area contributed by atoms with Crippen molar-refractivity contribution in [2.45, 2.75) is 52.3 Å². The number of carbonyl (C=O) groups is 3. The SMILES string of the molecule is CC(C)NC(=O)C(c1ccccc1)N(C)C(=O)CNC(=O)OC(C)(C)C. The Morgan fingerprint density at radius 3 is 2.19 bits per heavy atom. The van der Waals surface area contributed by atoms with Crippen LogP contribution >= 0.6 is 0 Å². The monoisotopic (exact) mass is 363 g/mol. The molecule has 7 nitrogen and oxygen atoms in total. The molecular formula is C19H29N3O4. The first-order valence-electron chi connectivity index (χ1n) is 8.59. The zero-order valence-electron chi connectivity index (χ0n) is 16.3. The summed E-state index contributed by atoms with van der Waals surface area (Å²) in [5.74, 6) is -0.678. The van der Waals surface area contributed by atoms with Crippen LogP contribution in [0.25, 0.3) is 0 Å². The zero-order valence-corrected chi connectivity index (χ0v) is 16.3. The standard InChI is InChI=1S/C19H29N3O4/c1-13(2)21-17(24)16(14-10-8-7-9-11-14)22(6)15(23)12-20-18(25)26-19(3,4)5/h7-11,13,16H,12H2,1-6H3,(H,20,25)(H,21,24). The van der Waals surface area contributed by atoms with E-state index in [4.69, 9.17) is 4.74 Å². The fourth-order valence-electron chi connectivity index (χ4n) is 2.28. The minimum absolute atomic E-state index is 0.0582. The molecule has 1 atom stereocenters. The molecule has 144 valence electrons. The van der Waals surface area contributed by atoms with Crippen LogP contribution in [0.4, 0.5) is 4.79 Å². The molecule has 0 aliphatic rings. The van der Waals surface area contributed by atoms with Gasteiger partial charge < -0.3 is 20.3 Å². The van der Waals surface area contributed by atoms with Crippen LogP contribution < -0.4 is 10.6 Å². The Labute approximate surface area is 155 Å². The third-order valence-electron chi connectivity index (χ3n) is 3.36. The number of hydrogen-bond acceptors (Lipinski definition) is 4. The van der Waals surface area contributed by atoms with Gasteiger partial charge in [-0.2, -0.15) is 0 Å². The second-order valence-corrected chi connectivity index (χ2v) is 7.34. The van der Waals surface area contributed by atoms with E-state index in [9.17, 15) is 14.4 Å². The summed E-state index contributed by atoms with van der Waals surface area (Å²) >= 11 is 0. The van der Waals surface area contributed by atoms with Crippen molar-refractivity contribution < 1.29 is 19.1 Å². The first-order valence-corrected chi connectivity index (χ1v) is 8.59. The van der Waals surface area contributed by atoms with Crippen LogP contribution in [-0.4, -0.2) is 48.0 Å². The smallest absolute Gasteiger partial charge is 0.408 e. The average Bonchev–Trinajstić information content (AvgIpc) is 2.51. The van der Waals surface area contributed by atoms with Gasteiger partial charge in [0.1, 0.15) is 18.2 Å². The lowest BCUT2D eigenvalue weighted by molar-refractivity contribution is -0.138. The van der Waals surface area contributed by atoms with Crippen molar-refractivity contribution in [2.24, 2.45) is 0 Å². The molecular weight excluding hydrogens is 334 g/mol. The number of benzene rings is 1. The largest absolute Gasteiger partial charge is 0.444 e. The summed E-state index contributed by atoms with van der Waals surface area (Å²) in [6, 6.07) is 8.19. The highest BCUT2D eigenvalue weighted by atomic mass is 16.6. The van der Waals surface area contributed by atoms with Crippen LogP contribution in [0.1, 0.15) is 46.2 Å². The summed E-state index contributed by atoms with van der Waals surface area (Å²) in [6.45, 7) is 8.66. The Morgan fingerprint density at radius 1 is 1.12 bits per heavy atom. The number of nitrogens with zero attached hydrogens (tertiary/aromatic N) is 1. The van der Waals surface area contributed by atoms with Gasteiger partial charge in [-0.25, -0.2) is 4.79 Å². The van der Waals surface area contributed by atoms with E-state index in [-0.39, 0.29) is 18.5 Å². The molecule has 3 amide bonds. The molecule has 0 fully saturated rings. The quantitative estimate of drug-likeness (QED) is 0.811. The molecule has 0 radical (unpaired) electrons. The lowest BCUT2D eigenvalue weighted by Crippen LogP contribution is -2.47. The normalized spacial score (nSPS) is 12.3. The summed E-state index contributed by atoms with van der Waals surface area (Å²) in [6.07, 6.45) is -0.679. The Kier molecular flexibility index (Phi) is 7.61. The summed E-state index contributed by atoms with van der Waals surface area (Å²) < 4.78 is 5.11. The molecule has 0 aliphatic heterocycles. The van der Waals surface area contributed by atoms with Crippen molar-refractivity contribution in [1.82, 2.24) is 15.5 Å². The predicted molar refractivity (Wildman–Crippen MR) is 99.5 cm³/mol. The van der Waals surface area contributed by atoms with Crippen molar-refractivity contribution in [1.29, 1.82) is 0 Å². The molecule has 0 saturated carbocycles. The molecule has 1 aromatic rings. The van der Waals surface area contributed by atoms with Crippen LogP contribution in [0.5, 0.6) is 0 Å². The average molecular weight is 363 g/mol. The number of ether oxygens (including phenoxy) is 1. The number of alkyl carbamates (subject to hydrolysis) is 1. The second kappa shape index (κ2) is 9.22. The Morgan fingerprint density at radius 2 is 1.69 bits per heavy atom. The molecule has 0 heterocycles. The van der Waals surface area contributed by atoms with Crippen molar-refractivity contribution in [3.05, 3.63) is 35.9 Å². The van der Waals surface area contributed by atoms with E-state index in [1.165, 1.54) is 11.9 Å². The van der Waals surface area contributed by atoms with Gasteiger partial charge in [-0.05, 0) is 40.2 Å². The third-order valence-corrected chi connectivity index (χ3v) is 3.36. The molecule has 1 rings (SSSR count). The van der Waals surface area contributed by atoms with E-state index in [0.717, 1.165) is 0 Å². The Hall–Kier alpha value is -2.57. The summed E-state index contributed by atoms with van der Waals surface area (Å²) in [7, 11) is 1.54. The Balaban J connectivity index is 2.84. The molecule has 0 bridgehead atoms. The van der Waals surface area contributed by atoms with Crippen molar-refractivity contribution >= 4 is 17.9 Å². The van der Waals surface area contributed by atoms with Crippen molar-refractivity contribution in [2.75, 3.05) is 13.6 Å². The minimum atomic E-state index is -0.786. The molecule has 0 aliphatic carbocycles. The van der Waals surface area contributed by atoms with Gasteiger partial charge in [-0.1, -0.05) is 30.3 Å². The number of amides is 3. The number of likely N-dealkylation sites (N-methyl/N-ethyl adjacent to an activating group) is 1. The number of nitrogens with one attached hydrogen (secondary N) is 2. The first-order chi connectivity index (χ1) is 12.0. The van der Waals surface area contributed by atoms with Gasteiger partial charge in [0.05, 0.1) is 0 Å². The minimum Gasteiger partial charge on any atom is -0.444 e. The highest BCUT2D eigenvalue weighted by molar-refractivity contribution is 5.90. The number of rotatable bonds is 6. The zero-order chi connectivity index (χ0) is 19.9. The number of carbonyl (C=O) groups excluding carboxylic acids is 3. The van der Waals surface area contributed by atoms with Crippen LogP contribution in [0, 0.1) is 0 Å². The molecule has 1 aromatic carbocycles. The highest BCUT2D eigenvalue weighted by Gasteiger charge is 2.29. The van der Waals surface area contributed by atoms with E-state index < -0.39 is 23.6 Å². The lowest BCUT2D eigenvalue weighted by Gasteiger charge is -2.29. The maximum absolute atomic E-state index is 12.6. The predicted octanol–water partition coefficient (Wildman–Crippen LogP) is 2.24. The Bertz CT molecular complexity index is 623. The van der Waals surface area contributed by atoms with Crippen LogP contribution in [0.3, 0.4) is 0 Å². The first kappa shape index (κ1) is 21.5. The van der Waals surface area contributed by atoms with E-state index in [0.29, 0.717) is 5.56 Å². The highest BCUT2D eigenvalue weighted by Crippen LogP contribution is 2.20. The van der Waals surface area contributed by atoms with Gasteiger partial charge in [-0.15, -0.1) is 0 Å². The number of hydrogen-bond donors (Lipinski definition) is 2. The van der Waals surface area contributed by atoms with Gasteiger partial charge in [-0.3, -0.25) is 9.59 Å². The summed E-state index contributed by atoms with van der Waals surface area (Å²) in [5.41, 5.74) is 0.0433. The van der Waals surface area contributed by atoms with Crippen molar-refractivity contribution in [3.8, 4) is 0 Å². The van der Waals surface area contributed by atoms with E-state index in [2.05, 4.69) is 10.6 Å². The fraction of sp³-hybridized carbons (Fsp3) is 0.526. The fourth-order valence-corrected chi connectivity index (χ4v) is 2.28. The molecule has 0 saturated heterocycles. The molecule has 0 aromatic heterocycles. The maximum Gasteiger partial charge on any atom is 0.408 e. The van der Waals surface area contributed by atoms with Gasteiger partial charge >= 0.3 is 6.09 Å². The lowest BCUT2D eigenvalue weighted by atomic mass is 10.0. The summed E-state index contributed by atoms with van der Waals surface area (Å²) in [5, 5.41) is 5.25. The molecule has 26 heavy (non-hydrogen) atoms. The molecule has 0 spiro atoms. The van der Waals surface area contributed by atoms with Gasteiger partial charge in [0.15, 0.2) is 0 Å². The van der Waals surface area contributed by atoms with Crippen LogP contribution in [0.2, 0.25) is 0 Å². The van der Waals surface area contributed by atoms with Crippen LogP contribution in [0.15, 0.2) is 30.3 Å². The molecule has 7 heteroatoms. The second-order valence-electron chi connectivity index (χ2n) is 7.34. The molecule has 1 unspecified atom stereocenters.